The Morgan fingerprint density at radius 3 is 2.71 bits per heavy atom. The van der Waals surface area contributed by atoms with E-state index in [1.165, 1.54) is 6.07 Å². The predicted molar refractivity (Wildman–Crippen MR) is 24.6 cm³/mol. The number of hydrogen-bond acceptors (Lipinski definition) is 1. The molecule has 1 nitrogen and oxygen atoms in total. The summed E-state index contributed by atoms with van der Waals surface area (Å²) in [5.41, 5.74) is 0. The van der Waals surface area contributed by atoms with Crippen LogP contribution in [0.3, 0.4) is 0 Å². The lowest BCUT2D eigenvalue weighted by molar-refractivity contribution is 0.474. The molecule has 1 aromatic rings. The summed E-state index contributed by atoms with van der Waals surface area (Å²) >= 11 is 0. The highest BCUT2D eigenvalue weighted by Crippen LogP contribution is 2.00. The lowest BCUT2D eigenvalue weighted by Crippen LogP contribution is -1.59. The van der Waals surface area contributed by atoms with Crippen molar-refractivity contribution >= 4 is 0 Å². The van der Waals surface area contributed by atoms with Gasteiger partial charge in [-0.05, 0) is 12.1 Å². The summed E-state index contributed by atoms with van der Waals surface area (Å²) in [6.45, 7) is 0. The van der Waals surface area contributed by atoms with E-state index < -0.39 is 0 Å². The third-order valence-electron chi connectivity index (χ3n) is 0.587. The highest BCUT2D eigenvalue weighted by molar-refractivity contribution is 5.15. The molecule has 1 N–H and O–H groups in total. The van der Waals surface area contributed by atoms with Crippen LogP contribution < -0.4 is 0 Å². The maximum atomic E-state index is 8.53. The fraction of sp³-hybridized carbons (Fsp3) is 0. The van der Waals surface area contributed by atoms with Crippen molar-refractivity contribution in [2.24, 2.45) is 0 Å². The number of phenolic OH excluding ortho intramolecular Hbond substituents is 1. The van der Waals surface area contributed by atoms with Gasteiger partial charge in [-0.3, -0.25) is 0 Å². The van der Waals surface area contributed by atoms with E-state index in [1.807, 2.05) is 0 Å². The van der Waals surface area contributed by atoms with Gasteiger partial charge in [-0.15, -0.1) is 0 Å². The third kappa shape index (κ3) is 0.929. The highest BCUT2D eigenvalue weighted by atomic mass is 16.3. The lowest BCUT2D eigenvalue weighted by atomic mass is 10.3. The first-order valence-corrected chi connectivity index (χ1v) is 1.88. The van der Waals surface area contributed by atoms with E-state index in [4.69, 9.17) is 5.11 Å². The number of aromatic hydroxyl groups is 1. The first-order valence-electron chi connectivity index (χ1n) is 1.88. The minimum Gasteiger partial charge on any atom is -0.507 e. The molecule has 0 saturated carbocycles. The van der Waals surface area contributed by atoms with E-state index in [1.54, 1.807) is 6.07 Å². The lowest BCUT2D eigenvalue weighted by Gasteiger charge is -1.80. The Balaban J connectivity index is 3.02. The Kier molecular flexibility index (Phi) is 0.984. The molecule has 0 spiro atoms. The Morgan fingerprint density at radius 2 is 2.43 bits per heavy atom. The van der Waals surface area contributed by atoms with Crippen LogP contribution in [0.2, 0.25) is 0 Å². The fourth-order valence-corrected chi connectivity index (χ4v) is 0.304. The average Bonchev–Trinajstić information content (AvgIpc) is 1.69. The Hall–Kier alpha value is -0.980. The van der Waals surface area contributed by atoms with Crippen molar-refractivity contribution < 1.29 is 5.11 Å². The van der Waals surface area contributed by atoms with Crippen LogP contribution in [0.25, 0.3) is 0 Å². The van der Waals surface area contributed by atoms with Gasteiger partial charge >= 0.3 is 0 Å². The number of benzene rings is 1. The van der Waals surface area contributed by atoms with Crippen LogP contribution in [-0.2, 0) is 0 Å². The second kappa shape index (κ2) is 1.65. The minimum absolute atomic E-state index is 0.110. The highest BCUT2D eigenvalue weighted by Gasteiger charge is 1.77. The van der Waals surface area contributed by atoms with Gasteiger partial charge in [0.15, 0.2) is 0 Å². The van der Waals surface area contributed by atoms with E-state index in [0.717, 1.165) is 0 Å². The summed E-state index contributed by atoms with van der Waals surface area (Å²) in [5.74, 6) is 0.110. The van der Waals surface area contributed by atoms with Crippen LogP contribution in [0.1, 0.15) is 0 Å². The van der Waals surface area contributed by atoms with Crippen molar-refractivity contribution in [1.29, 1.82) is 0 Å². The van der Waals surface area contributed by atoms with Crippen LogP contribution in [0.5, 0.6) is 5.75 Å². The summed E-state index contributed by atoms with van der Waals surface area (Å²) in [5, 5.41) is 8.53. The Labute approximate surface area is 42.2 Å². The van der Waals surface area contributed by atoms with E-state index in [0.29, 0.717) is 0 Å². The summed E-state index contributed by atoms with van der Waals surface area (Å²) in [6, 6.07) is 10.5. The largest absolute Gasteiger partial charge is 0.507 e. The third-order valence-corrected chi connectivity index (χ3v) is 0.587. The topological polar surface area (TPSA) is 20.2 Å². The number of hydrogen-bond donors (Lipinski definition) is 1. The number of rotatable bonds is 0. The molecule has 0 aliphatic heterocycles. The van der Waals surface area contributed by atoms with E-state index in [9.17, 15) is 0 Å². The van der Waals surface area contributed by atoms with Crippen LogP contribution in [0.15, 0.2) is 12.1 Å². The molecule has 0 amide bonds. The molecule has 33 valence electrons. The monoisotopic (exact) mass is 91.0 g/mol. The Bertz CT molecular complexity index is 134. The van der Waals surface area contributed by atoms with Gasteiger partial charge in [0.25, 0.3) is 0 Å². The van der Waals surface area contributed by atoms with Crippen molar-refractivity contribution in [2.45, 2.75) is 0 Å². The second-order valence-electron chi connectivity index (χ2n) is 1.11. The maximum absolute atomic E-state index is 8.53. The second-order valence-corrected chi connectivity index (χ2v) is 1.11. The van der Waals surface area contributed by atoms with Crippen molar-refractivity contribution in [3.05, 3.63) is 30.3 Å². The summed E-state index contributed by atoms with van der Waals surface area (Å²) < 4.78 is 0. The zero-order chi connectivity index (χ0) is 5.11. The smallest absolute Gasteiger partial charge is 0.124 e. The molecular weight excluding hydrogens is 88.1 g/mol. The summed E-state index contributed by atoms with van der Waals surface area (Å²) in [6.07, 6.45) is 0. The molecule has 0 bridgehead atoms. The minimum atomic E-state index is 0.110. The zero-order valence-electron chi connectivity index (χ0n) is 3.60. The SMILES string of the molecule is Oc1[c][c][c]cc1. The van der Waals surface area contributed by atoms with E-state index in [2.05, 4.69) is 18.2 Å². The molecule has 0 aliphatic carbocycles. The van der Waals surface area contributed by atoms with Crippen LogP contribution in [0, 0.1) is 18.2 Å². The zero-order valence-corrected chi connectivity index (χ0v) is 3.60. The normalized spacial score (nSPS) is 8.57. The van der Waals surface area contributed by atoms with Gasteiger partial charge in [0.2, 0.25) is 0 Å². The van der Waals surface area contributed by atoms with Crippen LogP contribution >= 0.6 is 0 Å². The summed E-state index contributed by atoms with van der Waals surface area (Å²) in [7, 11) is 0. The number of phenols is 1. The van der Waals surface area contributed by atoms with Crippen LogP contribution in [-0.4, -0.2) is 5.11 Å². The van der Waals surface area contributed by atoms with Gasteiger partial charge in [-0.1, -0.05) is 6.07 Å². The molecule has 1 heteroatoms. The average molecular weight is 91.1 g/mol. The molecule has 0 atom stereocenters. The Morgan fingerprint density at radius 1 is 1.57 bits per heavy atom. The molecule has 0 aliphatic rings. The molecule has 0 unspecified atom stereocenters. The van der Waals surface area contributed by atoms with Crippen molar-refractivity contribution in [3.63, 3.8) is 0 Å². The van der Waals surface area contributed by atoms with Gasteiger partial charge in [0.1, 0.15) is 5.75 Å². The fourth-order valence-electron chi connectivity index (χ4n) is 0.304. The standard InChI is InChI=1S/C6H3O/c7-6-4-2-1-3-5-6/h2,4,7H. The van der Waals surface area contributed by atoms with Crippen molar-refractivity contribution in [2.75, 3.05) is 0 Å². The molecule has 7 heavy (non-hydrogen) atoms. The van der Waals surface area contributed by atoms with Gasteiger partial charge < -0.3 is 5.11 Å². The maximum Gasteiger partial charge on any atom is 0.124 e. The molecule has 0 saturated heterocycles. The first-order chi connectivity index (χ1) is 3.39. The first kappa shape index (κ1) is 4.19. The predicted octanol–water partition coefficient (Wildman–Crippen LogP) is 0.793. The van der Waals surface area contributed by atoms with Crippen molar-refractivity contribution in [1.82, 2.24) is 0 Å². The molecule has 1 rings (SSSR count). The van der Waals surface area contributed by atoms with Crippen LogP contribution in [0.4, 0.5) is 0 Å². The van der Waals surface area contributed by atoms with Gasteiger partial charge in [-0.2, -0.15) is 0 Å². The van der Waals surface area contributed by atoms with Crippen molar-refractivity contribution in [3.8, 4) is 5.75 Å². The van der Waals surface area contributed by atoms with E-state index >= 15 is 0 Å². The summed E-state index contributed by atoms with van der Waals surface area (Å²) in [4.78, 5) is 0. The molecule has 0 heterocycles. The molecule has 1 aromatic carbocycles. The molecule has 0 fully saturated rings. The quantitative estimate of drug-likeness (QED) is 0.500. The molecular formula is C6H3O. The van der Waals surface area contributed by atoms with Gasteiger partial charge in [-0.25, -0.2) is 0 Å². The van der Waals surface area contributed by atoms with Gasteiger partial charge in [0, 0.05) is 12.1 Å². The van der Waals surface area contributed by atoms with Gasteiger partial charge in [0.05, 0.1) is 0 Å². The molecule has 3 radical (unpaired) electrons. The molecule has 0 aromatic heterocycles. The van der Waals surface area contributed by atoms with E-state index in [-0.39, 0.29) is 5.75 Å².